The molecule has 1 aromatic rings. The summed E-state index contributed by atoms with van der Waals surface area (Å²) in [4.78, 5) is 8.35. The number of hydrogen-bond donors (Lipinski definition) is 2. The number of hydrogen-bond acceptors (Lipinski definition) is 4. The third-order valence-corrected chi connectivity index (χ3v) is 1.77. The van der Waals surface area contributed by atoms with Crippen molar-refractivity contribution in [3.8, 4) is 0 Å². The average molecular weight is 166 g/mol. The van der Waals surface area contributed by atoms with Crippen LogP contribution in [0.25, 0.3) is 0 Å². The Labute approximate surface area is 72.2 Å². The van der Waals surface area contributed by atoms with Crippen molar-refractivity contribution in [3.63, 3.8) is 0 Å². The lowest BCUT2D eigenvalue weighted by atomic mass is 10.2. The second kappa shape index (κ2) is 4.13. The summed E-state index contributed by atoms with van der Waals surface area (Å²) in [6.07, 6.45) is 4.41. The van der Waals surface area contributed by atoms with Crippen LogP contribution in [-0.4, -0.2) is 9.97 Å². The van der Waals surface area contributed by atoms with Gasteiger partial charge in [0.25, 0.3) is 0 Å². The minimum Gasteiger partial charge on any atom is -0.271 e. The van der Waals surface area contributed by atoms with E-state index >= 15 is 0 Å². The number of aromatic nitrogens is 2. The number of aryl methyl sites for hydroxylation is 1. The second-order valence-corrected chi connectivity index (χ2v) is 2.71. The quantitative estimate of drug-likeness (QED) is 0.512. The summed E-state index contributed by atoms with van der Waals surface area (Å²) in [5.74, 6) is 5.34. The van der Waals surface area contributed by atoms with Crippen molar-refractivity contribution in [1.82, 2.24) is 15.4 Å². The monoisotopic (exact) mass is 166 g/mol. The molecule has 1 rings (SSSR count). The summed E-state index contributed by atoms with van der Waals surface area (Å²) < 4.78 is 0. The zero-order valence-electron chi connectivity index (χ0n) is 7.41. The zero-order chi connectivity index (χ0) is 8.97. The molecule has 0 bridgehead atoms. The Morgan fingerprint density at radius 2 is 2.25 bits per heavy atom. The SMILES string of the molecule is CCC(NN)c1cnc(C)cn1. The van der Waals surface area contributed by atoms with Crippen LogP contribution < -0.4 is 11.3 Å². The van der Waals surface area contributed by atoms with Gasteiger partial charge in [-0.05, 0) is 13.3 Å². The van der Waals surface area contributed by atoms with Gasteiger partial charge in [0.1, 0.15) is 0 Å². The fourth-order valence-electron chi connectivity index (χ4n) is 0.995. The lowest BCUT2D eigenvalue weighted by Crippen LogP contribution is -2.28. The summed E-state index contributed by atoms with van der Waals surface area (Å²) in [6.45, 7) is 3.96. The molecule has 3 N–H and O–H groups in total. The third-order valence-electron chi connectivity index (χ3n) is 1.77. The van der Waals surface area contributed by atoms with Gasteiger partial charge in [-0.3, -0.25) is 21.2 Å². The van der Waals surface area contributed by atoms with Crippen LogP contribution in [0.4, 0.5) is 0 Å². The molecule has 0 saturated heterocycles. The normalized spacial score (nSPS) is 12.9. The molecule has 0 aromatic carbocycles. The summed E-state index contributed by atoms with van der Waals surface area (Å²) in [5.41, 5.74) is 4.50. The molecule has 0 aliphatic carbocycles. The molecule has 0 fully saturated rings. The molecule has 1 atom stereocenters. The fraction of sp³-hybridized carbons (Fsp3) is 0.500. The van der Waals surface area contributed by atoms with Gasteiger partial charge in [-0.25, -0.2) is 0 Å². The van der Waals surface area contributed by atoms with Crippen LogP contribution in [0.5, 0.6) is 0 Å². The van der Waals surface area contributed by atoms with E-state index in [0.717, 1.165) is 17.8 Å². The number of nitrogens with one attached hydrogen (secondary N) is 1. The van der Waals surface area contributed by atoms with E-state index in [1.807, 2.05) is 13.8 Å². The molecule has 4 heteroatoms. The van der Waals surface area contributed by atoms with Crippen molar-refractivity contribution in [2.24, 2.45) is 5.84 Å². The average Bonchev–Trinajstić information content (AvgIpc) is 2.10. The second-order valence-electron chi connectivity index (χ2n) is 2.71. The first-order chi connectivity index (χ1) is 5.77. The van der Waals surface area contributed by atoms with E-state index in [0.29, 0.717) is 0 Å². The number of hydrazine groups is 1. The van der Waals surface area contributed by atoms with Crippen LogP contribution in [0.2, 0.25) is 0 Å². The molecule has 4 nitrogen and oxygen atoms in total. The highest BCUT2D eigenvalue weighted by Crippen LogP contribution is 2.10. The molecule has 0 spiro atoms. The van der Waals surface area contributed by atoms with Gasteiger partial charge < -0.3 is 0 Å². The molecule has 66 valence electrons. The van der Waals surface area contributed by atoms with Gasteiger partial charge in [0.05, 0.1) is 23.6 Å². The zero-order valence-corrected chi connectivity index (χ0v) is 7.41. The van der Waals surface area contributed by atoms with Gasteiger partial charge in [0.2, 0.25) is 0 Å². The molecule has 1 heterocycles. The van der Waals surface area contributed by atoms with Crippen LogP contribution in [0.15, 0.2) is 12.4 Å². The highest BCUT2D eigenvalue weighted by molar-refractivity contribution is 5.04. The third kappa shape index (κ3) is 1.99. The summed E-state index contributed by atoms with van der Waals surface area (Å²) in [6, 6.07) is 0.109. The highest BCUT2D eigenvalue weighted by Gasteiger charge is 2.07. The molecule has 0 amide bonds. The standard InChI is InChI=1S/C8H14N4/c1-3-7(12-9)8-5-10-6(2)4-11-8/h4-5,7,12H,3,9H2,1-2H3. The van der Waals surface area contributed by atoms with E-state index in [9.17, 15) is 0 Å². The minimum absolute atomic E-state index is 0.109. The van der Waals surface area contributed by atoms with Gasteiger partial charge in [-0.2, -0.15) is 0 Å². The van der Waals surface area contributed by atoms with E-state index in [1.165, 1.54) is 0 Å². The molecule has 0 aliphatic heterocycles. The minimum atomic E-state index is 0.109. The van der Waals surface area contributed by atoms with E-state index in [2.05, 4.69) is 15.4 Å². The number of rotatable bonds is 3. The predicted octanol–water partition coefficient (Wildman–Crippen LogP) is 0.699. The van der Waals surface area contributed by atoms with Crippen LogP contribution in [0, 0.1) is 6.92 Å². The van der Waals surface area contributed by atoms with Crippen molar-refractivity contribution in [1.29, 1.82) is 0 Å². The predicted molar refractivity (Wildman–Crippen MR) is 47.1 cm³/mol. The lowest BCUT2D eigenvalue weighted by molar-refractivity contribution is 0.523. The first-order valence-electron chi connectivity index (χ1n) is 4.02. The number of nitrogens with zero attached hydrogens (tertiary/aromatic N) is 2. The Bertz CT molecular complexity index is 227. The van der Waals surface area contributed by atoms with E-state index in [4.69, 9.17) is 5.84 Å². The van der Waals surface area contributed by atoms with Gasteiger partial charge in [-0.15, -0.1) is 0 Å². The molecule has 0 saturated carbocycles. The molecule has 1 unspecified atom stereocenters. The molecule has 12 heavy (non-hydrogen) atoms. The Morgan fingerprint density at radius 1 is 1.50 bits per heavy atom. The summed E-state index contributed by atoms with van der Waals surface area (Å²) >= 11 is 0. The molecular weight excluding hydrogens is 152 g/mol. The Kier molecular flexibility index (Phi) is 3.13. The summed E-state index contributed by atoms with van der Waals surface area (Å²) in [5, 5.41) is 0. The van der Waals surface area contributed by atoms with Crippen molar-refractivity contribution < 1.29 is 0 Å². The van der Waals surface area contributed by atoms with E-state index < -0.39 is 0 Å². The van der Waals surface area contributed by atoms with E-state index in [1.54, 1.807) is 12.4 Å². The Hall–Kier alpha value is -1.00. The number of nitrogens with two attached hydrogens (primary N) is 1. The fourth-order valence-corrected chi connectivity index (χ4v) is 0.995. The molecular formula is C8H14N4. The lowest BCUT2D eigenvalue weighted by Gasteiger charge is -2.11. The maximum atomic E-state index is 5.34. The Morgan fingerprint density at radius 3 is 2.67 bits per heavy atom. The van der Waals surface area contributed by atoms with Crippen LogP contribution in [-0.2, 0) is 0 Å². The van der Waals surface area contributed by atoms with Crippen molar-refractivity contribution in [2.75, 3.05) is 0 Å². The topological polar surface area (TPSA) is 63.8 Å². The highest BCUT2D eigenvalue weighted by atomic mass is 15.2. The molecule has 0 radical (unpaired) electrons. The van der Waals surface area contributed by atoms with Gasteiger partial charge in [-0.1, -0.05) is 6.92 Å². The van der Waals surface area contributed by atoms with Crippen LogP contribution in [0.3, 0.4) is 0 Å². The summed E-state index contributed by atoms with van der Waals surface area (Å²) in [7, 11) is 0. The largest absolute Gasteiger partial charge is 0.271 e. The first-order valence-corrected chi connectivity index (χ1v) is 4.02. The van der Waals surface area contributed by atoms with Crippen molar-refractivity contribution in [3.05, 3.63) is 23.8 Å². The van der Waals surface area contributed by atoms with Crippen molar-refractivity contribution >= 4 is 0 Å². The first kappa shape index (κ1) is 9.09. The van der Waals surface area contributed by atoms with Crippen LogP contribution in [0.1, 0.15) is 30.8 Å². The maximum absolute atomic E-state index is 5.34. The Balaban J connectivity index is 2.80. The maximum Gasteiger partial charge on any atom is 0.0769 e. The molecule has 0 aliphatic rings. The van der Waals surface area contributed by atoms with Gasteiger partial charge in [0, 0.05) is 6.20 Å². The van der Waals surface area contributed by atoms with Crippen molar-refractivity contribution in [2.45, 2.75) is 26.3 Å². The smallest absolute Gasteiger partial charge is 0.0769 e. The van der Waals surface area contributed by atoms with Crippen LogP contribution >= 0.6 is 0 Å². The van der Waals surface area contributed by atoms with Gasteiger partial charge >= 0.3 is 0 Å². The molecule has 1 aromatic heterocycles. The van der Waals surface area contributed by atoms with Gasteiger partial charge in [0.15, 0.2) is 0 Å². The van der Waals surface area contributed by atoms with E-state index in [-0.39, 0.29) is 6.04 Å².